The molecule has 0 aliphatic carbocycles. The van der Waals surface area contributed by atoms with Crippen molar-refractivity contribution in [2.24, 2.45) is 0 Å². The highest BCUT2D eigenvalue weighted by Gasteiger charge is 2.21. The van der Waals surface area contributed by atoms with Crippen molar-refractivity contribution in [3.63, 3.8) is 0 Å². The number of nitrogens with zero attached hydrogens (tertiary/aromatic N) is 1. The molecule has 0 unspecified atom stereocenters. The number of carboxylic acid groups (broad SMARTS) is 1. The van der Waals surface area contributed by atoms with Crippen LogP contribution in [-0.2, 0) is 4.79 Å². The Morgan fingerprint density at radius 3 is 2.19 bits per heavy atom. The first-order valence-electron chi connectivity index (χ1n) is 6.11. The monoisotopic (exact) mass is 287 g/mol. The average molecular weight is 287 g/mol. The first-order chi connectivity index (χ1) is 10.1. The molecule has 0 saturated heterocycles. The number of aromatic hydroxyl groups is 1. The smallest absolute Gasteiger partial charge is 0.420 e. The summed E-state index contributed by atoms with van der Waals surface area (Å²) < 4.78 is 5.12. The van der Waals surface area contributed by atoms with E-state index in [0.717, 1.165) is 4.90 Å². The molecule has 2 aromatic rings. The zero-order valence-electron chi connectivity index (χ0n) is 11.0. The Morgan fingerprint density at radius 1 is 1.00 bits per heavy atom. The highest BCUT2D eigenvalue weighted by molar-refractivity contribution is 5.94. The molecule has 6 nitrogen and oxygen atoms in total. The lowest BCUT2D eigenvalue weighted by atomic mass is 10.3. The van der Waals surface area contributed by atoms with Gasteiger partial charge < -0.3 is 14.9 Å². The summed E-state index contributed by atoms with van der Waals surface area (Å²) in [5, 5.41) is 18.2. The van der Waals surface area contributed by atoms with E-state index in [0.29, 0.717) is 11.4 Å². The van der Waals surface area contributed by atoms with Gasteiger partial charge in [0.2, 0.25) is 0 Å². The van der Waals surface area contributed by atoms with Crippen LogP contribution in [0.25, 0.3) is 0 Å². The van der Waals surface area contributed by atoms with Crippen LogP contribution in [0.2, 0.25) is 0 Å². The Hall–Kier alpha value is -3.02. The van der Waals surface area contributed by atoms with E-state index in [-0.39, 0.29) is 5.75 Å². The Morgan fingerprint density at radius 2 is 1.62 bits per heavy atom. The number of carbonyl (C=O) groups is 2. The molecule has 0 saturated carbocycles. The van der Waals surface area contributed by atoms with Gasteiger partial charge >= 0.3 is 12.1 Å². The number of rotatable bonds is 4. The van der Waals surface area contributed by atoms with Gasteiger partial charge in [-0.15, -0.1) is 0 Å². The lowest BCUT2D eigenvalue weighted by Gasteiger charge is -2.20. The number of carboxylic acids is 1. The molecule has 0 aliphatic rings. The number of hydrogen-bond acceptors (Lipinski definition) is 4. The summed E-state index contributed by atoms with van der Waals surface area (Å²) in [6.07, 6.45) is -0.811. The molecule has 0 bridgehead atoms. The summed E-state index contributed by atoms with van der Waals surface area (Å²) in [6.45, 7) is -0.545. The van der Waals surface area contributed by atoms with Crippen molar-refractivity contribution >= 4 is 17.7 Å². The van der Waals surface area contributed by atoms with Crippen molar-refractivity contribution in [2.75, 3.05) is 11.4 Å². The number of amides is 1. The quantitative estimate of drug-likeness (QED) is 0.902. The maximum atomic E-state index is 12.1. The molecule has 21 heavy (non-hydrogen) atoms. The predicted octanol–water partition coefficient (Wildman–Crippen LogP) is 2.48. The first-order valence-corrected chi connectivity index (χ1v) is 6.11. The first kappa shape index (κ1) is 14.4. The normalized spacial score (nSPS) is 9.90. The molecule has 0 spiro atoms. The topological polar surface area (TPSA) is 87.1 Å². The number of phenols is 1. The number of benzene rings is 2. The zero-order valence-corrected chi connectivity index (χ0v) is 11.0. The number of aliphatic carboxylic acids is 1. The maximum absolute atomic E-state index is 12.1. The number of ether oxygens (including phenoxy) is 1. The van der Waals surface area contributed by atoms with Gasteiger partial charge in [-0.05, 0) is 36.4 Å². The third-order valence-electron chi connectivity index (χ3n) is 2.62. The molecule has 2 rings (SSSR count). The summed E-state index contributed by atoms with van der Waals surface area (Å²) >= 11 is 0. The third-order valence-corrected chi connectivity index (χ3v) is 2.62. The van der Waals surface area contributed by atoms with Crippen molar-refractivity contribution < 1.29 is 24.5 Å². The van der Waals surface area contributed by atoms with Crippen LogP contribution in [0.4, 0.5) is 10.5 Å². The van der Waals surface area contributed by atoms with Gasteiger partial charge in [0.15, 0.2) is 0 Å². The van der Waals surface area contributed by atoms with Crippen molar-refractivity contribution in [2.45, 2.75) is 0 Å². The van der Waals surface area contributed by atoms with Gasteiger partial charge in [-0.2, -0.15) is 0 Å². The largest absolute Gasteiger partial charge is 0.508 e. The Bertz CT molecular complexity index is 624. The van der Waals surface area contributed by atoms with Gasteiger partial charge in [-0.1, -0.05) is 18.2 Å². The fourth-order valence-electron chi connectivity index (χ4n) is 1.67. The number of hydrogen-bond donors (Lipinski definition) is 2. The van der Waals surface area contributed by atoms with Crippen molar-refractivity contribution in [1.82, 2.24) is 0 Å². The van der Waals surface area contributed by atoms with Crippen LogP contribution in [0.1, 0.15) is 0 Å². The fourth-order valence-corrected chi connectivity index (χ4v) is 1.67. The molecule has 0 fully saturated rings. The minimum Gasteiger partial charge on any atom is -0.508 e. The Kier molecular flexibility index (Phi) is 4.40. The second kappa shape index (κ2) is 6.42. The van der Waals surface area contributed by atoms with Crippen LogP contribution >= 0.6 is 0 Å². The van der Waals surface area contributed by atoms with Crippen LogP contribution in [0.15, 0.2) is 54.6 Å². The lowest BCUT2D eigenvalue weighted by molar-refractivity contribution is -0.135. The van der Waals surface area contributed by atoms with E-state index >= 15 is 0 Å². The molecule has 0 aliphatic heterocycles. The standard InChI is InChI=1S/C15H13NO5/c17-12-8-6-11(7-9-12)16(10-14(18)19)15(20)21-13-4-2-1-3-5-13/h1-9,17H,10H2,(H,18,19). The van der Waals surface area contributed by atoms with Gasteiger partial charge in [0.05, 0.1) is 0 Å². The summed E-state index contributed by atoms with van der Waals surface area (Å²) in [4.78, 5) is 24.0. The number of phenolic OH excluding ortho intramolecular Hbond substituents is 1. The van der Waals surface area contributed by atoms with Crippen molar-refractivity contribution in [3.8, 4) is 11.5 Å². The van der Waals surface area contributed by atoms with Crippen LogP contribution in [0, 0.1) is 0 Å². The van der Waals surface area contributed by atoms with Crippen LogP contribution in [0.3, 0.4) is 0 Å². The summed E-state index contributed by atoms with van der Waals surface area (Å²) in [6, 6.07) is 13.9. The molecule has 0 heterocycles. The molecule has 2 N–H and O–H groups in total. The van der Waals surface area contributed by atoms with E-state index in [1.165, 1.54) is 24.3 Å². The van der Waals surface area contributed by atoms with Crippen LogP contribution < -0.4 is 9.64 Å². The summed E-state index contributed by atoms with van der Waals surface area (Å²) in [5.41, 5.74) is 0.316. The van der Waals surface area contributed by atoms with E-state index in [1.807, 2.05) is 0 Å². The van der Waals surface area contributed by atoms with Gasteiger partial charge in [-0.3, -0.25) is 9.69 Å². The molecule has 6 heteroatoms. The van der Waals surface area contributed by atoms with E-state index in [4.69, 9.17) is 9.84 Å². The summed E-state index contributed by atoms with van der Waals surface area (Å²) in [7, 11) is 0. The Labute approximate surface area is 120 Å². The van der Waals surface area contributed by atoms with E-state index < -0.39 is 18.6 Å². The molecular weight excluding hydrogens is 274 g/mol. The summed E-state index contributed by atoms with van der Waals surface area (Å²) in [5.74, 6) is -0.838. The van der Waals surface area contributed by atoms with E-state index in [9.17, 15) is 14.7 Å². The molecule has 108 valence electrons. The Balaban J connectivity index is 2.21. The minimum atomic E-state index is -1.17. The van der Waals surface area contributed by atoms with Crippen molar-refractivity contribution in [1.29, 1.82) is 0 Å². The molecule has 1 amide bonds. The SMILES string of the molecule is O=C(O)CN(C(=O)Oc1ccccc1)c1ccc(O)cc1. The maximum Gasteiger partial charge on any atom is 0.420 e. The number of para-hydroxylation sites is 1. The second-order valence-corrected chi connectivity index (χ2v) is 4.18. The molecule has 0 aromatic heterocycles. The van der Waals surface area contributed by atoms with Crippen LogP contribution in [-0.4, -0.2) is 28.8 Å². The number of carbonyl (C=O) groups excluding carboxylic acids is 1. The zero-order chi connectivity index (χ0) is 15.2. The van der Waals surface area contributed by atoms with Gasteiger partial charge in [-0.25, -0.2) is 4.79 Å². The molecular formula is C15H13NO5. The molecule has 0 atom stereocenters. The molecule has 0 radical (unpaired) electrons. The minimum absolute atomic E-state index is 0.0189. The van der Waals surface area contributed by atoms with Crippen molar-refractivity contribution in [3.05, 3.63) is 54.6 Å². The van der Waals surface area contributed by atoms with Gasteiger partial charge in [0, 0.05) is 5.69 Å². The third kappa shape index (κ3) is 3.97. The lowest BCUT2D eigenvalue weighted by Crippen LogP contribution is -2.37. The number of anilines is 1. The highest BCUT2D eigenvalue weighted by atomic mass is 16.6. The van der Waals surface area contributed by atoms with E-state index in [2.05, 4.69) is 0 Å². The molecule has 2 aromatic carbocycles. The van der Waals surface area contributed by atoms with Gasteiger partial charge in [0.1, 0.15) is 18.0 Å². The average Bonchev–Trinajstić information content (AvgIpc) is 2.46. The second-order valence-electron chi connectivity index (χ2n) is 4.18. The van der Waals surface area contributed by atoms with E-state index in [1.54, 1.807) is 30.3 Å². The fraction of sp³-hybridized carbons (Fsp3) is 0.0667. The predicted molar refractivity (Wildman–Crippen MR) is 75.6 cm³/mol. The highest BCUT2D eigenvalue weighted by Crippen LogP contribution is 2.20. The van der Waals surface area contributed by atoms with Gasteiger partial charge in [0.25, 0.3) is 0 Å². The van der Waals surface area contributed by atoms with Crippen LogP contribution in [0.5, 0.6) is 11.5 Å².